The van der Waals surface area contributed by atoms with Gasteiger partial charge in [-0.05, 0) is 31.5 Å². The molecule has 0 radical (unpaired) electrons. The molecule has 0 aliphatic rings. The molecule has 0 bridgehead atoms. The summed E-state index contributed by atoms with van der Waals surface area (Å²) in [5.74, 6) is -1.56. The van der Waals surface area contributed by atoms with Gasteiger partial charge < -0.3 is 14.9 Å². The van der Waals surface area contributed by atoms with Crippen molar-refractivity contribution in [2.45, 2.75) is 38.6 Å². The minimum absolute atomic E-state index is 0.229. The smallest absolute Gasteiger partial charge is 0.160 e. The highest BCUT2D eigenvalue weighted by molar-refractivity contribution is 6.36. The van der Waals surface area contributed by atoms with Crippen molar-refractivity contribution in [1.82, 2.24) is 0 Å². The molecule has 18 heavy (non-hydrogen) atoms. The van der Waals surface area contributed by atoms with Gasteiger partial charge in [-0.1, -0.05) is 36.2 Å². The van der Waals surface area contributed by atoms with Gasteiger partial charge in [-0.15, -0.1) is 0 Å². The summed E-state index contributed by atoms with van der Waals surface area (Å²) in [6, 6.07) is 5.22. The van der Waals surface area contributed by atoms with Crippen LogP contribution in [0.15, 0.2) is 18.2 Å². The molecule has 0 heterocycles. The molecule has 0 fully saturated rings. The standard InChI is InChI=1S/C13H18Cl2O3/c1-8(11(7-16)18-13(2,3)17)12-9(14)5-4-6-10(12)15/h4-6,8,11,16-17H,7H2,1-3H3. The quantitative estimate of drug-likeness (QED) is 0.820. The molecule has 1 aromatic rings. The molecule has 2 unspecified atom stereocenters. The molecule has 1 rings (SSSR count). The van der Waals surface area contributed by atoms with E-state index >= 15 is 0 Å². The van der Waals surface area contributed by atoms with Crippen molar-refractivity contribution in [1.29, 1.82) is 0 Å². The zero-order valence-electron chi connectivity index (χ0n) is 10.7. The lowest BCUT2D eigenvalue weighted by molar-refractivity contribution is -0.216. The molecular weight excluding hydrogens is 275 g/mol. The van der Waals surface area contributed by atoms with Gasteiger partial charge in [0, 0.05) is 16.0 Å². The molecule has 0 amide bonds. The van der Waals surface area contributed by atoms with Crippen LogP contribution in [0.5, 0.6) is 0 Å². The molecule has 3 nitrogen and oxygen atoms in total. The third-order valence-electron chi connectivity index (χ3n) is 2.63. The van der Waals surface area contributed by atoms with Crippen LogP contribution in [0.25, 0.3) is 0 Å². The van der Waals surface area contributed by atoms with E-state index < -0.39 is 11.9 Å². The third-order valence-corrected chi connectivity index (χ3v) is 3.29. The second-order valence-corrected chi connectivity index (χ2v) is 5.52. The third kappa shape index (κ3) is 4.11. The molecular formula is C13H18Cl2O3. The summed E-state index contributed by atoms with van der Waals surface area (Å²) in [7, 11) is 0. The number of benzene rings is 1. The van der Waals surface area contributed by atoms with E-state index in [0.717, 1.165) is 0 Å². The molecule has 0 aliphatic carbocycles. The summed E-state index contributed by atoms with van der Waals surface area (Å²) in [5.41, 5.74) is 0.712. The highest BCUT2D eigenvalue weighted by atomic mass is 35.5. The van der Waals surface area contributed by atoms with Crippen molar-refractivity contribution in [2.24, 2.45) is 0 Å². The van der Waals surface area contributed by atoms with Crippen molar-refractivity contribution < 1.29 is 14.9 Å². The predicted molar refractivity (Wildman–Crippen MR) is 73.1 cm³/mol. The van der Waals surface area contributed by atoms with Gasteiger partial charge in [0.1, 0.15) is 0 Å². The maximum Gasteiger partial charge on any atom is 0.160 e. The van der Waals surface area contributed by atoms with E-state index in [1.807, 2.05) is 6.92 Å². The van der Waals surface area contributed by atoms with Crippen LogP contribution in [0.2, 0.25) is 10.0 Å². The van der Waals surface area contributed by atoms with Crippen molar-refractivity contribution in [3.8, 4) is 0 Å². The number of hydrogen-bond acceptors (Lipinski definition) is 3. The Morgan fingerprint density at radius 2 is 1.78 bits per heavy atom. The first-order chi connectivity index (χ1) is 8.26. The van der Waals surface area contributed by atoms with Gasteiger partial charge in [-0.3, -0.25) is 0 Å². The number of rotatable bonds is 5. The predicted octanol–water partition coefficient (Wildman–Crippen LogP) is 3.20. The summed E-state index contributed by atoms with van der Waals surface area (Å²) >= 11 is 12.2. The minimum atomic E-state index is -1.32. The fourth-order valence-corrected chi connectivity index (χ4v) is 2.54. The van der Waals surface area contributed by atoms with Crippen LogP contribution in [0.3, 0.4) is 0 Å². The van der Waals surface area contributed by atoms with E-state index in [4.69, 9.17) is 27.9 Å². The number of ether oxygens (including phenoxy) is 1. The average Bonchev–Trinajstić information content (AvgIpc) is 2.24. The van der Waals surface area contributed by atoms with Crippen LogP contribution in [-0.4, -0.2) is 28.7 Å². The molecule has 5 heteroatoms. The zero-order valence-corrected chi connectivity index (χ0v) is 12.2. The molecule has 0 saturated carbocycles. The van der Waals surface area contributed by atoms with Gasteiger partial charge in [0.15, 0.2) is 5.79 Å². The van der Waals surface area contributed by atoms with Crippen molar-refractivity contribution in [2.75, 3.05) is 6.61 Å². The van der Waals surface area contributed by atoms with Crippen molar-refractivity contribution in [3.05, 3.63) is 33.8 Å². The normalized spacial score (nSPS) is 15.5. The van der Waals surface area contributed by atoms with E-state index in [1.54, 1.807) is 18.2 Å². The lowest BCUT2D eigenvalue weighted by atomic mass is 9.95. The first-order valence-corrected chi connectivity index (χ1v) is 6.47. The van der Waals surface area contributed by atoms with Crippen LogP contribution < -0.4 is 0 Å². The first kappa shape index (κ1) is 15.7. The monoisotopic (exact) mass is 292 g/mol. The summed E-state index contributed by atoms with van der Waals surface area (Å²) in [6.45, 7) is 4.64. The highest BCUT2D eigenvalue weighted by Crippen LogP contribution is 2.34. The Balaban J connectivity index is 3.00. The second kappa shape index (κ2) is 6.22. The van der Waals surface area contributed by atoms with Crippen LogP contribution in [-0.2, 0) is 4.74 Å². The number of hydrogen-bond donors (Lipinski definition) is 2. The summed E-state index contributed by atoms with van der Waals surface area (Å²) in [5, 5.41) is 20.1. The Morgan fingerprint density at radius 3 is 2.17 bits per heavy atom. The maximum atomic E-state index is 9.65. The second-order valence-electron chi connectivity index (χ2n) is 4.71. The molecule has 1 aromatic carbocycles. The van der Waals surface area contributed by atoms with E-state index in [9.17, 15) is 10.2 Å². The number of aliphatic hydroxyl groups is 2. The van der Waals surface area contributed by atoms with Crippen molar-refractivity contribution >= 4 is 23.2 Å². The summed E-state index contributed by atoms with van der Waals surface area (Å²) in [4.78, 5) is 0. The van der Waals surface area contributed by atoms with Gasteiger partial charge in [-0.25, -0.2) is 0 Å². The molecule has 0 aromatic heterocycles. The fraction of sp³-hybridized carbons (Fsp3) is 0.538. The molecule has 0 saturated heterocycles. The van der Waals surface area contributed by atoms with Crippen LogP contribution in [0.1, 0.15) is 32.3 Å². The zero-order chi connectivity index (χ0) is 13.9. The Kier molecular flexibility index (Phi) is 5.44. The van der Waals surface area contributed by atoms with E-state index in [0.29, 0.717) is 15.6 Å². The van der Waals surface area contributed by atoms with Crippen LogP contribution >= 0.6 is 23.2 Å². The molecule has 0 spiro atoms. The molecule has 0 aliphatic heterocycles. The Hall–Kier alpha value is -0.320. The van der Waals surface area contributed by atoms with Gasteiger partial charge >= 0.3 is 0 Å². The molecule has 2 atom stereocenters. The summed E-state index contributed by atoms with van der Waals surface area (Å²) in [6.07, 6.45) is -0.581. The average molecular weight is 293 g/mol. The Bertz CT molecular complexity index is 381. The molecule has 102 valence electrons. The minimum Gasteiger partial charge on any atom is -0.394 e. The van der Waals surface area contributed by atoms with E-state index in [1.165, 1.54) is 13.8 Å². The molecule has 2 N–H and O–H groups in total. The van der Waals surface area contributed by atoms with Gasteiger partial charge in [0.2, 0.25) is 0 Å². The topological polar surface area (TPSA) is 49.7 Å². The lowest BCUT2D eigenvalue weighted by Gasteiger charge is -2.30. The van der Waals surface area contributed by atoms with E-state index in [2.05, 4.69) is 0 Å². The van der Waals surface area contributed by atoms with Crippen LogP contribution in [0, 0.1) is 0 Å². The largest absolute Gasteiger partial charge is 0.394 e. The Labute approximate surface area is 117 Å². The number of halogens is 2. The lowest BCUT2D eigenvalue weighted by Crippen LogP contribution is -2.35. The fourth-order valence-electron chi connectivity index (χ4n) is 1.80. The van der Waals surface area contributed by atoms with Gasteiger partial charge in [-0.2, -0.15) is 0 Å². The van der Waals surface area contributed by atoms with Crippen molar-refractivity contribution in [3.63, 3.8) is 0 Å². The van der Waals surface area contributed by atoms with E-state index in [-0.39, 0.29) is 12.5 Å². The SMILES string of the molecule is CC(c1c(Cl)cccc1Cl)C(CO)OC(C)(C)O. The van der Waals surface area contributed by atoms with Crippen LogP contribution in [0.4, 0.5) is 0 Å². The number of aliphatic hydroxyl groups excluding tert-OH is 1. The summed E-state index contributed by atoms with van der Waals surface area (Å²) < 4.78 is 5.40. The highest BCUT2D eigenvalue weighted by Gasteiger charge is 2.28. The van der Waals surface area contributed by atoms with Gasteiger partial charge in [0.05, 0.1) is 12.7 Å². The Morgan fingerprint density at radius 1 is 1.28 bits per heavy atom. The first-order valence-electron chi connectivity index (χ1n) is 5.71. The maximum absolute atomic E-state index is 9.65. The van der Waals surface area contributed by atoms with Gasteiger partial charge in [0.25, 0.3) is 0 Å².